The molecule has 0 atom stereocenters. The van der Waals surface area contributed by atoms with Crippen molar-refractivity contribution < 1.29 is 38.7 Å². The van der Waals surface area contributed by atoms with Gasteiger partial charge in [0.05, 0.1) is 0 Å². The van der Waals surface area contributed by atoms with Crippen LogP contribution in [0.4, 0.5) is 26.3 Å². The van der Waals surface area contributed by atoms with Crippen LogP contribution in [-0.4, -0.2) is 51.5 Å². The van der Waals surface area contributed by atoms with Gasteiger partial charge in [-0.25, -0.2) is 0 Å². The van der Waals surface area contributed by atoms with Gasteiger partial charge in [0.1, 0.15) is 0 Å². The van der Waals surface area contributed by atoms with Crippen LogP contribution in [0.15, 0.2) is 115 Å². The van der Waals surface area contributed by atoms with E-state index in [4.69, 9.17) is 12.3 Å². The van der Waals surface area contributed by atoms with Crippen LogP contribution in [-0.2, 0) is 29.6 Å². The van der Waals surface area contributed by atoms with E-state index in [1.807, 2.05) is 81.4 Å². The average molecular weight is 1080 g/mol. The van der Waals surface area contributed by atoms with Crippen molar-refractivity contribution in [2.75, 3.05) is 0 Å². The van der Waals surface area contributed by atoms with Gasteiger partial charge < -0.3 is 12.3 Å². The number of allylic oxidation sites excluding steroid dienone is 2. The normalized spacial score (nSPS) is 16.5. The minimum Gasteiger partial charge on any atom is -0.417 e. The lowest BCUT2D eigenvalue weighted by Gasteiger charge is -2.43. The van der Waals surface area contributed by atoms with Crippen molar-refractivity contribution in [3.63, 3.8) is 0 Å². The molecule has 0 bridgehead atoms. The van der Waals surface area contributed by atoms with Crippen molar-refractivity contribution in [2.45, 2.75) is 142 Å². The minimum atomic E-state index is -5.76. The molecule has 1 aliphatic carbocycles. The Kier molecular flexibility index (Phi) is 14.9. The largest absolute Gasteiger partial charge is 0.469 e. The first-order valence-corrected chi connectivity index (χ1v) is 38.0. The van der Waals surface area contributed by atoms with Crippen molar-refractivity contribution in [3.8, 4) is 41.8 Å². The molecule has 0 amide bonds. The molecule has 0 fully saturated rings. The molecule has 1 aliphatic rings. The third-order valence-corrected chi connectivity index (χ3v) is 26.5. The number of hydrogen-bond donors (Lipinski definition) is 0. The van der Waals surface area contributed by atoms with Crippen LogP contribution in [0.1, 0.15) is 69.4 Å². The molecule has 0 radical (unpaired) electrons. The maximum absolute atomic E-state index is 17.1. The second-order valence-corrected chi connectivity index (χ2v) is 42.8. The van der Waals surface area contributed by atoms with E-state index < -0.39 is 62.7 Å². The Morgan fingerprint density at radius 3 is 1.14 bits per heavy atom. The van der Waals surface area contributed by atoms with E-state index in [0.29, 0.717) is 44.5 Å². The Hall–Kier alpha value is -3.65. The zero-order valence-electron chi connectivity index (χ0n) is 43.7. The van der Waals surface area contributed by atoms with Crippen LogP contribution < -0.4 is 0 Å². The SMILES string of the molecule is CC(C)(C)c1ccc(-c2cc(C3=C(c4cc(-c5ccc(CC[Si](O[Si](C)(C)C)(O[Si](C)(C)C)O[Si](C)(C)C)cc5)sc4-c4ccccc4)C(F)(F)C(F)(F)C3(F)F)c(-c3ccc(C(C)(C)C)cc3)s2)cc1. The van der Waals surface area contributed by atoms with Crippen LogP contribution in [0.5, 0.6) is 0 Å². The molecule has 4 aromatic carbocycles. The third-order valence-electron chi connectivity index (χ3n) is 12.1. The molecule has 15 heteroatoms. The van der Waals surface area contributed by atoms with E-state index in [-0.39, 0.29) is 31.7 Å². The fourth-order valence-corrected chi connectivity index (χ4v) is 25.9. The monoisotopic (exact) mass is 1080 g/mol. The molecule has 0 N–H and O–H groups in total. The Bertz CT molecular complexity index is 2840. The Morgan fingerprint density at radius 2 is 0.789 bits per heavy atom. The predicted molar refractivity (Wildman–Crippen MR) is 297 cm³/mol. The Labute approximate surface area is 430 Å². The number of thiophene rings is 2. The summed E-state index contributed by atoms with van der Waals surface area (Å²) < 4.78 is 122. The molecule has 380 valence electrons. The van der Waals surface area contributed by atoms with Crippen molar-refractivity contribution in [1.29, 1.82) is 0 Å². The summed E-state index contributed by atoms with van der Waals surface area (Å²) in [7, 11) is -9.54. The van der Waals surface area contributed by atoms with Gasteiger partial charge in [0.25, 0.3) is 0 Å². The molecule has 2 aromatic heterocycles. The first kappa shape index (κ1) is 55.1. The van der Waals surface area contributed by atoms with Crippen molar-refractivity contribution in [2.24, 2.45) is 0 Å². The maximum atomic E-state index is 17.1. The predicted octanol–water partition coefficient (Wildman–Crippen LogP) is 18.9. The zero-order chi connectivity index (χ0) is 52.5. The van der Waals surface area contributed by atoms with E-state index in [1.54, 1.807) is 42.5 Å². The fourth-order valence-electron chi connectivity index (χ4n) is 8.89. The summed E-state index contributed by atoms with van der Waals surface area (Å²) in [5.74, 6) is -16.3. The molecule has 0 spiro atoms. The van der Waals surface area contributed by atoms with E-state index in [0.717, 1.165) is 39.4 Å². The van der Waals surface area contributed by atoms with Gasteiger partial charge in [0.2, 0.25) is 0 Å². The average Bonchev–Trinajstić information content (AvgIpc) is 3.90. The van der Waals surface area contributed by atoms with Crippen LogP contribution in [0, 0.1) is 0 Å². The van der Waals surface area contributed by atoms with Crippen molar-refractivity contribution >= 4 is 67.6 Å². The van der Waals surface area contributed by atoms with E-state index >= 15 is 26.3 Å². The summed E-state index contributed by atoms with van der Waals surface area (Å²) in [5.41, 5.74) is 1.25. The van der Waals surface area contributed by atoms with E-state index in [9.17, 15) is 0 Å². The van der Waals surface area contributed by atoms with Gasteiger partial charge in [-0.1, -0.05) is 145 Å². The number of rotatable bonds is 15. The van der Waals surface area contributed by atoms with Crippen LogP contribution in [0.3, 0.4) is 0 Å². The molecule has 0 saturated carbocycles. The number of halogens is 6. The molecule has 6 aromatic rings. The molecule has 0 aliphatic heterocycles. The first-order chi connectivity index (χ1) is 32.5. The summed E-state index contributed by atoms with van der Waals surface area (Å²) in [6.07, 6.45) is 0.591. The molecule has 3 nitrogen and oxygen atoms in total. The summed E-state index contributed by atoms with van der Waals surface area (Å²) in [6.45, 7) is 31.6. The van der Waals surface area contributed by atoms with Crippen LogP contribution >= 0.6 is 22.7 Å². The van der Waals surface area contributed by atoms with E-state index in [1.165, 1.54) is 12.1 Å². The highest BCUT2D eigenvalue weighted by molar-refractivity contribution is 7.19. The zero-order valence-corrected chi connectivity index (χ0v) is 49.3. The lowest BCUT2D eigenvalue weighted by atomic mass is 9.86. The van der Waals surface area contributed by atoms with Gasteiger partial charge in [-0.2, -0.15) is 26.3 Å². The lowest BCUT2D eigenvalue weighted by molar-refractivity contribution is -0.254. The van der Waals surface area contributed by atoms with Gasteiger partial charge in [-0.3, -0.25) is 0 Å². The molecule has 0 saturated heterocycles. The quantitative estimate of drug-likeness (QED) is 0.0758. The molecule has 7 rings (SSSR count). The molecule has 2 heterocycles. The second kappa shape index (κ2) is 19.2. The molecular weight excluding hydrogens is 1010 g/mol. The highest BCUT2D eigenvalue weighted by atomic mass is 32.1. The number of hydrogen-bond acceptors (Lipinski definition) is 5. The third kappa shape index (κ3) is 11.8. The van der Waals surface area contributed by atoms with Gasteiger partial charge >= 0.3 is 26.6 Å². The van der Waals surface area contributed by atoms with Gasteiger partial charge in [0.15, 0.2) is 25.0 Å². The smallest absolute Gasteiger partial charge is 0.417 e. The minimum absolute atomic E-state index is 0.179. The number of alkyl halides is 6. The number of benzene rings is 4. The second-order valence-electron chi connectivity index (χ2n) is 23.7. The summed E-state index contributed by atoms with van der Waals surface area (Å²) >= 11 is 2.23. The van der Waals surface area contributed by atoms with Gasteiger partial charge in [-0.05, 0) is 127 Å². The standard InChI is InChI=1S/C56H68F6O3S2Si4/c1-52(2,3)42-29-25-39(26-30-42)47-36-45(51(67-47)41-27-31-43(32-28-41)53(4,5)6)49-48(54(57,58)56(61,62)55(49,59)60)44-35-46(66-50(44)40-19-17-16-18-20-40)38-23-21-37(22-24-38)33-34-71(63-68(7,8)9,64-69(10,11)12)65-70(13,14)15/h16-32,35-36H,33-34H2,1-15H3. The summed E-state index contributed by atoms with van der Waals surface area (Å²) in [4.78, 5) is 1.32. The molecule has 0 unspecified atom stereocenters. The molecule has 71 heavy (non-hydrogen) atoms. The van der Waals surface area contributed by atoms with Gasteiger partial charge in [0, 0.05) is 47.8 Å². The topological polar surface area (TPSA) is 27.7 Å². The maximum Gasteiger partial charge on any atom is 0.469 e. The van der Waals surface area contributed by atoms with Crippen LogP contribution in [0.25, 0.3) is 52.9 Å². The van der Waals surface area contributed by atoms with E-state index in [2.05, 4.69) is 79.7 Å². The highest BCUT2D eigenvalue weighted by Gasteiger charge is 2.80. The first-order valence-electron chi connectivity index (χ1n) is 24.2. The van der Waals surface area contributed by atoms with Crippen LogP contribution in [0.2, 0.25) is 65.0 Å². The Balaban J connectivity index is 1.41. The highest BCUT2D eigenvalue weighted by Crippen LogP contribution is 2.67. The van der Waals surface area contributed by atoms with Crippen molar-refractivity contribution in [1.82, 2.24) is 0 Å². The lowest BCUT2D eigenvalue weighted by Crippen LogP contribution is -2.60. The molecular formula is C56H68F6O3S2Si4. The Morgan fingerprint density at radius 1 is 0.451 bits per heavy atom. The summed E-state index contributed by atoms with van der Waals surface area (Å²) in [5, 5.41) is 0. The van der Waals surface area contributed by atoms with Crippen molar-refractivity contribution in [3.05, 3.63) is 143 Å². The van der Waals surface area contributed by atoms with Gasteiger partial charge in [-0.15, -0.1) is 22.7 Å². The number of aryl methyl sites for hydroxylation is 1. The fraction of sp³-hybridized carbons (Fsp3) is 0.393. The summed E-state index contributed by atoms with van der Waals surface area (Å²) in [6, 6.07) is 34.4.